The number of rotatable bonds is 4. The largest absolute Gasteiger partial charge is 0.468 e. The molecule has 8 nitrogen and oxygen atoms in total. The SMILES string of the molecule is COC(=O)C1(C(=O)CC2(C)OCCO2)CC2=C(CC1(C)O)C(=O)c1ccccc1C2=O. The van der Waals surface area contributed by atoms with Crippen molar-refractivity contribution in [3.63, 3.8) is 0 Å². The van der Waals surface area contributed by atoms with Crippen molar-refractivity contribution in [2.75, 3.05) is 20.3 Å². The van der Waals surface area contributed by atoms with Gasteiger partial charge in [-0.3, -0.25) is 19.2 Å². The van der Waals surface area contributed by atoms with Gasteiger partial charge < -0.3 is 19.3 Å². The van der Waals surface area contributed by atoms with Gasteiger partial charge in [-0.2, -0.15) is 0 Å². The molecule has 3 aliphatic rings. The summed E-state index contributed by atoms with van der Waals surface area (Å²) in [5.74, 6) is -3.69. The highest BCUT2D eigenvalue weighted by Gasteiger charge is 2.64. The minimum Gasteiger partial charge on any atom is -0.468 e. The molecule has 0 radical (unpaired) electrons. The summed E-state index contributed by atoms with van der Waals surface area (Å²) in [6.45, 7) is 3.49. The van der Waals surface area contributed by atoms with Gasteiger partial charge in [0.05, 0.1) is 32.3 Å². The van der Waals surface area contributed by atoms with Crippen molar-refractivity contribution in [2.45, 2.75) is 44.5 Å². The van der Waals surface area contributed by atoms with E-state index in [-0.39, 0.29) is 40.9 Å². The van der Waals surface area contributed by atoms with Gasteiger partial charge in [-0.25, -0.2) is 0 Å². The smallest absolute Gasteiger partial charge is 0.322 e. The Morgan fingerprint density at radius 2 is 1.52 bits per heavy atom. The van der Waals surface area contributed by atoms with E-state index in [9.17, 15) is 24.3 Å². The zero-order valence-corrected chi connectivity index (χ0v) is 17.6. The van der Waals surface area contributed by atoms with Gasteiger partial charge >= 0.3 is 5.97 Å². The lowest BCUT2D eigenvalue weighted by Gasteiger charge is -2.47. The highest BCUT2D eigenvalue weighted by atomic mass is 16.7. The van der Waals surface area contributed by atoms with Crippen molar-refractivity contribution in [3.05, 3.63) is 46.5 Å². The Balaban J connectivity index is 1.83. The van der Waals surface area contributed by atoms with Gasteiger partial charge in [-0.05, 0) is 13.8 Å². The molecule has 0 aromatic heterocycles. The van der Waals surface area contributed by atoms with E-state index in [1.54, 1.807) is 25.1 Å². The number of carbonyl (C=O) groups excluding carboxylic acids is 4. The number of aliphatic hydroxyl groups is 1. The van der Waals surface area contributed by atoms with Gasteiger partial charge in [0.1, 0.15) is 0 Å². The van der Waals surface area contributed by atoms with Crippen LogP contribution in [0.25, 0.3) is 0 Å². The summed E-state index contributed by atoms with van der Waals surface area (Å²) in [4.78, 5) is 52.9. The van der Waals surface area contributed by atoms with Crippen LogP contribution in [0.3, 0.4) is 0 Å². The second-order valence-electron chi connectivity index (χ2n) is 8.62. The van der Waals surface area contributed by atoms with Crippen LogP contribution in [-0.4, -0.2) is 60.1 Å². The number of fused-ring (bicyclic) bond motifs is 1. The van der Waals surface area contributed by atoms with Crippen LogP contribution in [0, 0.1) is 5.41 Å². The van der Waals surface area contributed by atoms with E-state index >= 15 is 0 Å². The maximum absolute atomic E-state index is 13.6. The molecule has 1 heterocycles. The molecule has 1 aromatic carbocycles. The van der Waals surface area contributed by atoms with Crippen LogP contribution in [0.1, 0.15) is 53.8 Å². The summed E-state index contributed by atoms with van der Waals surface area (Å²) >= 11 is 0. The Morgan fingerprint density at radius 3 is 2.03 bits per heavy atom. The Morgan fingerprint density at radius 1 is 1.00 bits per heavy atom. The number of hydrogen-bond acceptors (Lipinski definition) is 8. The Bertz CT molecular complexity index is 1030. The normalized spacial score (nSPS) is 29.4. The standard InChI is InChI=1S/C23H24O8/c1-21(28)10-15-16(19(26)14-7-5-4-6-13(14)18(15)25)11-23(21,20(27)29-3)17(24)12-22(2)30-8-9-31-22/h4-7,28H,8-12H2,1-3H3. The maximum Gasteiger partial charge on any atom is 0.322 e. The van der Waals surface area contributed by atoms with Gasteiger partial charge in [0, 0.05) is 35.1 Å². The van der Waals surface area contributed by atoms with Crippen molar-refractivity contribution in [1.82, 2.24) is 0 Å². The molecule has 2 unspecified atom stereocenters. The van der Waals surface area contributed by atoms with Crippen molar-refractivity contribution < 1.29 is 38.5 Å². The van der Waals surface area contributed by atoms with Gasteiger partial charge in [0.25, 0.3) is 0 Å². The molecule has 1 saturated heterocycles. The molecule has 2 atom stereocenters. The van der Waals surface area contributed by atoms with Gasteiger partial charge in [0.15, 0.2) is 28.6 Å². The van der Waals surface area contributed by atoms with Crippen molar-refractivity contribution in [2.24, 2.45) is 5.41 Å². The second-order valence-corrected chi connectivity index (χ2v) is 8.62. The van der Waals surface area contributed by atoms with Crippen LogP contribution >= 0.6 is 0 Å². The number of benzene rings is 1. The number of hydrogen-bond donors (Lipinski definition) is 1. The lowest BCUT2D eigenvalue weighted by atomic mass is 9.56. The lowest BCUT2D eigenvalue weighted by Crippen LogP contribution is -2.61. The van der Waals surface area contributed by atoms with Crippen LogP contribution in [0.15, 0.2) is 35.4 Å². The molecule has 0 saturated carbocycles. The highest BCUT2D eigenvalue weighted by Crippen LogP contribution is 2.52. The summed E-state index contributed by atoms with van der Waals surface area (Å²) in [7, 11) is 1.12. The molecule has 1 aromatic rings. The fourth-order valence-corrected chi connectivity index (χ4v) is 4.88. The molecule has 8 heteroatoms. The molecule has 164 valence electrons. The van der Waals surface area contributed by atoms with Gasteiger partial charge in [-0.1, -0.05) is 24.3 Å². The minimum absolute atomic E-state index is 0.0624. The van der Waals surface area contributed by atoms with E-state index in [1.807, 2.05) is 0 Å². The van der Waals surface area contributed by atoms with Crippen molar-refractivity contribution in [3.8, 4) is 0 Å². The molecule has 1 N–H and O–H groups in total. The van der Waals surface area contributed by atoms with Crippen LogP contribution < -0.4 is 0 Å². The predicted molar refractivity (Wildman–Crippen MR) is 106 cm³/mol. The number of ketones is 3. The third-order valence-electron chi connectivity index (χ3n) is 6.60. The summed E-state index contributed by atoms with van der Waals surface area (Å²) in [6.07, 6.45) is -1.09. The third-order valence-corrected chi connectivity index (χ3v) is 6.60. The fraction of sp³-hybridized carbons (Fsp3) is 0.478. The van der Waals surface area contributed by atoms with Crippen LogP contribution in [0.2, 0.25) is 0 Å². The molecular weight excluding hydrogens is 404 g/mol. The van der Waals surface area contributed by atoms with E-state index in [4.69, 9.17) is 14.2 Å². The average Bonchev–Trinajstić information content (AvgIpc) is 3.16. The predicted octanol–water partition coefficient (Wildman–Crippen LogP) is 1.79. The van der Waals surface area contributed by atoms with Gasteiger partial charge in [0.2, 0.25) is 0 Å². The van der Waals surface area contributed by atoms with Crippen LogP contribution in [0.5, 0.6) is 0 Å². The minimum atomic E-state index is -2.08. The Kier molecular flexibility index (Phi) is 4.99. The van der Waals surface area contributed by atoms with Gasteiger partial charge in [-0.15, -0.1) is 0 Å². The molecule has 0 spiro atoms. The Hall–Kier alpha value is -2.68. The Labute approximate surface area is 179 Å². The number of methoxy groups -OCH3 is 1. The van der Waals surface area contributed by atoms with Crippen LogP contribution in [-0.2, 0) is 23.8 Å². The molecule has 0 amide bonds. The first-order valence-electron chi connectivity index (χ1n) is 10.1. The molecule has 2 aliphatic carbocycles. The fourth-order valence-electron chi connectivity index (χ4n) is 4.88. The maximum atomic E-state index is 13.6. The summed E-state index contributed by atoms with van der Waals surface area (Å²) in [6, 6.07) is 6.38. The van der Waals surface area contributed by atoms with E-state index in [0.717, 1.165) is 7.11 Å². The first-order chi connectivity index (χ1) is 14.6. The number of carbonyl (C=O) groups is 4. The number of allylic oxidation sites excluding steroid dienone is 1. The number of ether oxygens (including phenoxy) is 3. The van der Waals surface area contributed by atoms with Crippen LogP contribution in [0.4, 0.5) is 0 Å². The third kappa shape index (κ3) is 3.09. The number of esters is 1. The van der Waals surface area contributed by atoms with E-state index < -0.39 is 40.8 Å². The summed E-state index contributed by atoms with van der Waals surface area (Å²) < 4.78 is 16.0. The quantitative estimate of drug-likeness (QED) is 0.570. The topological polar surface area (TPSA) is 116 Å². The molecule has 1 fully saturated rings. The molecule has 1 aliphatic heterocycles. The number of Topliss-reactive ketones (excluding diaryl/α,β-unsaturated/α-hetero) is 3. The summed E-state index contributed by atoms with van der Waals surface area (Å²) in [5.41, 5.74) is -3.39. The first-order valence-corrected chi connectivity index (χ1v) is 10.1. The first kappa shape index (κ1) is 21.5. The van der Waals surface area contributed by atoms with E-state index in [2.05, 4.69) is 0 Å². The van der Waals surface area contributed by atoms with E-state index in [0.29, 0.717) is 13.2 Å². The summed E-state index contributed by atoms with van der Waals surface area (Å²) in [5, 5.41) is 11.4. The highest BCUT2D eigenvalue weighted by molar-refractivity contribution is 6.28. The van der Waals surface area contributed by atoms with Crippen molar-refractivity contribution >= 4 is 23.3 Å². The van der Waals surface area contributed by atoms with E-state index in [1.165, 1.54) is 13.0 Å². The molecular formula is C23H24O8. The average molecular weight is 428 g/mol. The lowest BCUT2D eigenvalue weighted by molar-refractivity contribution is -0.187. The molecule has 31 heavy (non-hydrogen) atoms. The zero-order chi connectivity index (χ0) is 22.6. The second kappa shape index (κ2) is 7.19. The zero-order valence-electron chi connectivity index (χ0n) is 17.6. The molecule has 4 rings (SSSR count). The monoisotopic (exact) mass is 428 g/mol. The molecule has 0 bridgehead atoms. The van der Waals surface area contributed by atoms with Crippen molar-refractivity contribution in [1.29, 1.82) is 0 Å².